The number of nitrogen functional groups attached to an aromatic ring is 1. The number of alkyl halides is 5. The van der Waals surface area contributed by atoms with E-state index in [4.69, 9.17) is 16.2 Å². The van der Waals surface area contributed by atoms with Gasteiger partial charge >= 0.3 is 12.8 Å². The van der Waals surface area contributed by atoms with E-state index < -0.39 is 24.5 Å². The third kappa shape index (κ3) is 7.23. The second kappa shape index (κ2) is 10.6. The molecule has 1 atom stereocenters. The van der Waals surface area contributed by atoms with Gasteiger partial charge in [-0.2, -0.15) is 22.0 Å². The van der Waals surface area contributed by atoms with E-state index in [1.807, 2.05) is 6.92 Å². The maximum Gasteiger partial charge on any atom is 0.416 e. The zero-order valence-corrected chi connectivity index (χ0v) is 17.7. The maximum atomic E-state index is 12.7. The number of allylic oxidation sites excluding steroid dienone is 1. The summed E-state index contributed by atoms with van der Waals surface area (Å²) in [6.45, 7) is 0.524. The molecule has 4 nitrogen and oxygen atoms in total. The number of hydrogen-bond donors (Lipinski definition) is 2. The summed E-state index contributed by atoms with van der Waals surface area (Å²) in [7, 11) is 0. The first-order valence-electron chi connectivity index (χ1n) is 9.27. The Morgan fingerprint density at radius 3 is 2.23 bits per heavy atom. The van der Waals surface area contributed by atoms with Gasteiger partial charge in [0, 0.05) is 22.4 Å². The lowest BCUT2D eigenvalue weighted by Gasteiger charge is -2.22. The molecule has 2 rings (SSSR count). The van der Waals surface area contributed by atoms with Crippen LogP contribution in [0.5, 0.6) is 11.5 Å². The van der Waals surface area contributed by atoms with Gasteiger partial charge in [-0.15, -0.1) is 11.8 Å². The highest BCUT2D eigenvalue weighted by Gasteiger charge is 2.30. The van der Waals surface area contributed by atoms with Gasteiger partial charge in [-0.3, -0.25) is 0 Å². The lowest BCUT2D eigenvalue weighted by Crippen LogP contribution is -2.20. The van der Waals surface area contributed by atoms with Crippen molar-refractivity contribution in [3.05, 3.63) is 64.2 Å². The van der Waals surface area contributed by atoms with Crippen molar-refractivity contribution >= 4 is 17.4 Å². The third-order valence-corrected chi connectivity index (χ3v) is 5.58. The van der Waals surface area contributed by atoms with Crippen molar-refractivity contribution in [3.63, 3.8) is 0 Å². The molecule has 0 aliphatic rings. The number of halogens is 5. The zero-order valence-electron chi connectivity index (χ0n) is 16.9. The van der Waals surface area contributed by atoms with E-state index in [9.17, 15) is 22.0 Å². The number of rotatable bonds is 9. The molecule has 0 radical (unpaired) electrons. The van der Waals surface area contributed by atoms with Crippen LogP contribution in [0.15, 0.2) is 53.1 Å². The van der Waals surface area contributed by atoms with Crippen LogP contribution in [0.4, 0.5) is 27.6 Å². The minimum absolute atomic E-state index is 0.0446. The van der Waals surface area contributed by atoms with Gasteiger partial charge in [-0.25, -0.2) is 0 Å². The van der Waals surface area contributed by atoms with Crippen LogP contribution in [0.1, 0.15) is 31.4 Å². The second-order valence-electron chi connectivity index (χ2n) is 6.62. The van der Waals surface area contributed by atoms with E-state index in [0.717, 1.165) is 12.1 Å². The van der Waals surface area contributed by atoms with Gasteiger partial charge in [0.2, 0.25) is 0 Å². The van der Waals surface area contributed by atoms with E-state index in [1.165, 1.54) is 42.1 Å². The fourth-order valence-electron chi connectivity index (χ4n) is 2.68. The predicted octanol–water partition coefficient (Wildman–Crippen LogP) is 6.17. The molecule has 0 spiro atoms. The van der Waals surface area contributed by atoms with Gasteiger partial charge in [0.1, 0.15) is 11.9 Å². The second-order valence-corrected chi connectivity index (χ2v) is 7.64. The van der Waals surface area contributed by atoms with Crippen molar-refractivity contribution < 1.29 is 31.4 Å². The normalized spacial score (nSPS) is 13.7. The molecule has 4 N–H and O–H groups in total. The van der Waals surface area contributed by atoms with Crippen LogP contribution >= 0.6 is 11.8 Å². The number of anilines is 1. The molecular weight excluding hydrogens is 439 g/mol. The van der Waals surface area contributed by atoms with Crippen LogP contribution in [0.25, 0.3) is 0 Å². The van der Waals surface area contributed by atoms with E-state index in [0.29, 0.717) is 28.3 Å². The molecule has 10 heteroatoms. The monoisotopic (exact) mass is 462 g/mol. The molecule has 0 amide bonds. The fraction of sp³-hybridized carbons (Fsp3) is 0.333. The Bertz CT molecular complexity index is 898. The van der Waals surface area contributed by atoms with Gasteiger partial charge in [-0.1, -0.05) is 19.1 Å². The minimum Gasteiger partial charge on any atom is -0.485 e. The van der Waals surface area contributed by atoms with E-state index in [-0.39, 0.29) is 17.2 Å². The van der Waals surface area contributed by atoms with E-state index in [1.54, 1.807) is 6.92 Å². The fourth-order valence-corrected chi connectivity index (χ4v) is 3.83. The Morgan fingerprint density at radius 2 is 1.71 bits per heavy atom. The molecule has 2 aromatic rings. The SMILES string of the molecule is CCC(Oc1ccc(N)c(OC(F)F)c1)/C(SCc1ccc(C(F)(F)F)cc1)=C(\C)N. The standard InChI is InChI=1S/C21H23F5N2O2S/c1-3-17(29-15-8-9-16(28)18(10-15)30-20(22)23)19(12(2)27)31-11-13-4-6-14(7-5-13)21(24,25)26/h4-10,17,20H,3,11,27-28H2,1-2H3/b19-12-. The number of thioether (sulfide) groups is 1. The molecule has 0 aliphatic heterocycles. The highest BCUT2D eigenvalue weighted by atomic mass is 32.2. The molecule has 170 valence electrons. The van der Waals surface area contributed by atoms with Crippen molar-refractivity contribution in [2.45, 2.75) is 44.9 Å². The molecular formula is C21H23F5N2O2S. The minimum atomic E-state index is -4.39. The topological polar surface area (TPSA) is 70.5 Å². The van der Waals surface area contributed by atoms with Crippen molar-refractivity contribution in [2.24, 2.45) is 5.73 Å². The lowest BCUT2D eigenvalue weighted by atomic mass is 10.1. The largest absolute Gasteiger partial charge is 0.485 e. The summed E-state index contributed by atoms with van der Waals surface area (Å²) >= 11 is 1.34. The van der Waals surface area contributed by atoms with Crippen LogP contribution in [0, 0.1) is 0 Å². The highest BCUT2D eigenvalue weighted by molar-refractivity contribution is 8.02. The van der Waals surface area contributed by atoms with Crippen molar-refractivity contribution in [1.29, 1.82) is 0 Å². The summed E-state index contributed by atoms with van der Waals surface area (Å²) in [6, 6.07) is 9.08. The van der Waals surface area contributed by atoms with Crippen LogP contribution in [0.3, 0.4) is 0 Å². The summed E-state index contributed by atoms with van der Waals surface area (Å²) in [5.41, 5.74) is 12.2. The Labute approximate surface area is 181 Å². The van der Waals surface area contributed by atoms with Crippen molar-refractivity contribution in [3.8, 4) is 11.5 Å². The third-order valence-electron chi connectivity index (χ3n) is 4.21. The van der Waals surface area contributed by atoms with Gasteiger partial charge in [0.15, 0.2) is 5.75 Å². The summed E-state index contributed by atoms with van der Waals surface area (Å²) < 4.78 is 73.5. The average molecular weight is 462 g/mol. The van der Waals surface area contributed by atoms with E-state index in [2.05, 4.69) is 4.74 Å². The van der Waals surface area contributed by atoms with Crippen molar-refractivity contribution in [2.75, 3.05) is 5.73 Å². The molecule has 0 saturated carbocycles. The number of ether oxygens (including phenoxy) is 2. The molecule has 0 bridgehead atoms. The average Bonchev–Trinajstić information content (AvgIpc) is 2.68. The molecule has 0 heterocycles. The maximum absolute atomic E-state index is 12.7. The molecule has 0 aromatic heterocycles. The van der Waals surface area contributed by atoms with Crippen molar-refractivity contribution in [1.82, 2.24) is 0 Å². The number of nitrogens with two attached hydrogens (primary N) is 2. The van der Waals surface area contributed by atoms with Gasteiger partial charge in [0.05, 0.1) is 11.3 Å². The molecule has 0 fully saturated rings. The Kier molecular flexibility index (Phi) is 8.43. The summed E-state index contributed by atoms with van der Waals surface area (Å²) in [5, 5.41) is 0. The Morgan fingerprint density at radius 1 is 1.06 bits per heavy atom. The Hall–Kier alpha value is -2.62. The van der Waals surface area contributed by atoms with Gasteiger partial charge in [0.25, 0.3) is 0 Å². The van der Waals surface area contributed by atoms with Crippen LogP contribution in [-0.2, 0) is 11.9 Å². The van der Waals surface area contributed by atoms with Gasteiger partial charge < -0.3 is 20.9 Å². The van der Waals surface area contributed by atoms with Gasteiger partial charge in [-0.05, 0) is 43.2 Å². The summed E-state index contributed by atoms with van der Waals surface area (Å²) in [5.74, 6) is 0.448. The molecule has 2 aromatic carbocycles. The molecule has 1 unspecified atom stereocenters. The first kappa shape index (κ1) is 24.6. The smallest absolute Gasteiger partial charge is 0.416 e. The summed E-state index contributed by atoms with van der Waals surface area (Å²) in [6.07, 6.45) is -4.37. The van der Waals surface area contributed by atoms with Crippen LogP contribution in [0.2, 0.25) is 0 Å². The first-order valence-corrected chi connectivity index (χ1v) is 10.3. The van der Waals surface area contributed by atoms with E-state index >= 15 is 0 Å². The van der Waals surface area contributed by atoms with Crippen LogP contribution < -0.4 is 20.9 Å². The quantitative estimate of drug-likeness (QED) is 0.345. The Balaban J connectivity index is 2.13. The first-order chi connectivity index (χ1) is 14.5. The lowest BCUT2D eigenvalue weighted by molar-refractivity contribution is -0.137. The molecule has 0 saturated heterocycles. The molecule has 31 heavy (non-hydrogen) atoms. The number of hydrogen-bond acceptors (Lipinski definition) is 5. The summed E-state index contributed by atoms with van der Waals surface area (Å²) in [4.78, 5) is 0.690. The van der Waals surface area contributed by atoms with Crippen LogP contribution in [-0.4, -0.2) is 12.7 Å². The zero-order chi connectivity index (χ0) is 23.2. The predicted molar refractivity (Wildman–Crippen MR) is 112 cm³/mol. The molecule has 0 aliphatic carbocycles. The highest BCUT2D eigenvalue weighted by Crippen LogP contribution is 2.34. The number of benzene rings is 2.